The molecule has 1 amide bonds. The smallest absolute Gasteiger partial charge is 0.271 e. The molecule has 0 radical (unpaired) electrons. The number of hydrogen-bond donors (Lipinski definition) is 1. The summed E-state index contributed by atoms with van der Waals surface area (Å²) in [5, 5.41) is 6.63. The van der Waals surface area contributed by atoms with Crippen molar-refractivity contribution in [3.63, 3.8) is 0 Å². The zero-order valence-corrected chi connectivity index (χ0v) is 14.7. The van der Waals surface area contributed by atoms with Crippen LogP contribution in [0.25, 0.3) is 0 Å². The summed E-state index contributed by atoms with van der Waals surface area (Å²) >= 11 is 0. The van der Waals surface area contributed by atoms with E-state index in [1.165, 1.54) is 6.07 Å². The fraction of sp³-hybridized carbons (Fsp3) is 0.474. The van der Waals surface area contributed by atoms with E-state index >= 15 is 0 Å². The number of aromatic amines is 1. The van der Waals surface area contributed by atoms with Crippen LogP contribution in [-0.4, -0.2) is 60.4 Å². The maximum absolute atomic E-state index is 13.7. The minimum Gasteiger partial charge on any atom is -0.379 e. The molecule has 2 aromatic rings. The second kappa shape index (κ2) is 7.07. The maximum atomic E-state index is 13.7. The van der Waals surface area contributed by atoms with Crippen molar-refractivity contribution < 1.29 is 13.9 Å². The van der Waals surface area contributed by atoms with Crippen LogP contribution in [0.4, 0.5) is 10.1 Å². The average Bonchev–Trinajstić information content (AvgIpc) is 3.11. The normalized spacial score (nSPS) is 23.9. The van der Waals surface area contributed by atoms with Gasteiger partial charge in [-0.05, 0) is 37.1 Å². The van der Waals surface area contributed by atoms with E-state index in [1.807, 2.05) is 11.0 Å². The van der Waals surface area contributed by atoms with Crippen LogP contribution < -0.4 is 4.90 Å². The summed E-state index contributed by atoms with van der Waals surface area (Å²) in [5.74, 6) is -0.260. The highest BCUT2D eigenvalue weighted by atomic mass is 19.1. The molecule has 2 fully saturated rings. The SMILES string of the molecule is O=C(c1ccn[nH]1)N1CCC[C@]2(COCCN(c3cccc(F)c3)C2)C1. The van der Waals surface area contributed by atoms with Crippen LogP contribution in [0, 0.1) is 11.2 Å². The van der Waals surface area contributed by atoms with Gasteiger partial charge in [-0.2, -0.15) is 5.10 Å². The van der Waals surface area contributed by atoms with Crippen molar-refractivity contribution in [3.8, 4) is 0 Å². The molecule has 6 nitrogen and oxygen atoms in total. The lowest BCUT2D eigenvalue weighted by Gasteiger charge is -2.43. The third kappa shape index (κ3) is 3.44. The lowest BCUT2D eigenvalue weighted by molar-refractivity contribution is 0.0133. The lowest BCUT2D eigenvalue weighted by atomic mass is 9.80. The quantitative estimate of drug-likeness (QED) is 0.895. The second-order valence-corrected chi connectivity index (χ2v) is 7.25. The molecule has 2 aliphatic rings. The van der Waals surface area contributed by atoms with Gasteiger partial charge in [-0.3, -0.25) is 9.89 Å². The topological polar surface area (TPSA) is 61.5 Å². The Balaban J connectivity index is 1.54. The fourth-order valence-electron chi connectivity index (χ4n) is 4.06. The van der Waals surface area contributed by atoms with E-state index in [0.717, 1.165) is 38.2 Å². The number of halogens is 1. The average molecular weight is 358 g/mol. The number of amides is 1. The Labute approximate surface area is 151 Å². The number of carbonyl (C=O) groups is 1. The zero-order chi connectivity index (χ0) is 18.0. The number of piperidine rings is 1. The molecular formula is C19H23FN4O2. The highest BCUT2D eigenvalue weighted by molar-refractivity contribution is 5.92. The van der Waals surface area contributed by atoms with Crippen LogP contribution in [0.15, 0.2) is 36.5 Å². The van der Waals surface area contributed by atoms with Gasteiger partial charge in [0.15, 0.2) is 0 Å². The minimum atomic E-state index is -0.235. The molecule has 2 aliphatic heterocycles. The van der Waals surface area contributed by atoms with Gasteiger partial charge >= 0.3 is 0 Å². The van der Waals surface area contributed by atoms with Gasteiger partial charge in [0.1, 0.15) is 11.5 Å². The van der Waals surface area contributed by atoms with E-state index in [1.54, 1.807) is 24.4 Å². The molecule has 26 heavy (non-hydrogen) atoms. The third-order valence-electron chi connectivity index (χ3n) is 5.29. The number of benzene rings is 1. The molecule has 1 atom stereocenters. The van der Waals surface area contributed by atoms with Crippen LogP contribution >= 0.6 is 0 Å². The van der Waals surface area contributed by atoms with Crippen molar-refractivity contribution in [2.24, 2.45) is 5.41 Å². The molecule has 1 spiro atoms. The van der Waals surface area contributed by atoms with Gasteiger partial charge in [-0.15, -0.1) is 0 Å². The maximum Gasteiger partial charge on any atom is 0.271 e. The van der Waals surface area contributed by atoms with Crippen LogP contribution in [0.1, 0.15) is 23.3 Å². The third-order valence-corrected chi connectivity index (χ3v) is 5.29. The summed E-state index contributed by atoms with van der Waals surface area (Å²) in [5.41, 5.74) is 1.24. The Kier molecular flexibility index (Phi) is 4.63. The number of likely N-dealkylation sites (tertiary alicyclic amines) is 1. The monoisotopic (exact) mass is 358 g/mol. The van der Waals surface area contributed by atoms with Gasteiger partial charge in [-0.25, -0.2) is 4.39 Å². The predicted molar refractivity (Wildman–Crippen MR) is 95.6 cm³/mol. The largest absolute Gasteiger partial charge is 0.379 e. The molecule has 0 unspecified atom stereocenters. The number of rotatable bonds is 2. The van der Waals surface area contributed by atoms with E-state index in [4.69, 9.17) is 4.74 Å². The first-order valence-electron chi connectivity index (χ1n) is 9.02. The standard InChI is InChI=1S/C19H23FN4O2/c20-15-3-1-4-16(11-15)23-9-10-26-14-19(12-23)6-2-8-24(13-19)18(25)17-5-7-21-22-17/h1,3-5,7,11H,2,6,8-10,12-14H2,(H,21,22)/t19-/m1/s1. The molecule has 3 heterocycles. The van der Waals surface area contributed by atoms with Gasteiger partial charge in [0.25, 0.3) is 5.91 Å². The molecule has 1 aromatic heterocycles. The number of anilines is 1. The summed E-state index contributed by atoms with van der Waals surface area (Å²) in [7, 11) is 0. The molecule has 1 N–H and O–H groups in total. The van der Waals surface area contributed by atoms with E-state index in [0.29, 0.717) is 25.5 Å². The Morgan fingerprint density at radius 3 is 3.00 bits per heavy atom. The number of nitrogens with one attached hydrogen (secondary N) is 1. The molecule has 0 aliphatic carbocycles. The summed E-state index contributed by atoms with van der Waals surface area (Å²) in [6.07, 6.45) is 3.51. The number of hydrogen-bond acceptors (Lipinski definition) is 4. The first kappa shape index (κ1) is 17.0. The Morgan fingerprint density at radius 2 is 2.19 bits per heavy atom. The molecule has 1 aromatic carbocycles. The fourth-order valence-corrected chi connectivity index (χ4v) is 4.06. The van der Waals surface area contributed by atoms with Gasteiger partial charge in [-0.1, -0.05) is 6.07 Å². The summed E-state index contributed by atoms with van der Waals surface area (Å²) in [4.78, 5) is 16.8. The van der Waals surface area contributed by atoms with Crippen molar-refractivity contribution in [1.82, 2.24) is 15.1 Å². The lowest BCUT2D eigenvalue weighted by Crippen LogP contribution is -2.52. The molecule has 0 saturated carbocycles. The van der Waals surface area contributed by atoms with E-state index in [-0.39, 0.29) is 17.1 Å². The van der Waals surface area contributed by atoms with Crippen LogP contribution in [0.5, 0.6) is 0 Å². The van der Waals surface area contributed by atoms with Crippen molar-refractivity contribution in [1.29, 1.82) is 0 Å². The van der Waals surface area contributed by atoms with Crippen LogP contribution in [0.3, 0.4) is 0 Å². The van der Waals surface area contributed by atoms with Crippen molar-refractivity contribution in [3.05, 3.63) is 48.0 Å². The zero-order valence-electron chi connectivity index (χ0n) is 14.7. The Morgan fingerprint density at radius 1 is 1.27 bits per heavy atom. The van der Waals surface area contributed by atoms with Gasteiger partial charge in [0.05, 0.1) is 13.2 Å². The van der Waals surface area contributed by atoms with Gasteiger partial charge < -0.3 is 14.5 Å². The molecular weight excluding hydrogens is 335 g/mol. The highest BCUT2D eigenvalue weighted by Gasteiger charge is 2.40. The summed E-state index contributed by atoms with van der Waals surface area (Å²) in [6.45, 7) is 4.07. The minimum absolute atomic E-state index is 0.0249. The molecule has 4 rings (SSSR count). The van der Waals surface area contributed by atoms with Gasteiger partial charge in [0.2, 0.25) is 0 Å². The Hall–Kier alpha value is -2.41. The number of ether oxygens (including phenoxy) is 1. The van der Waals surface area contributed by atoms with Crippen molar-refractivity contribution in [2.75, 3.05) is 44.3 Å². The van der Waals surface area contributed by atoms with Gasteiger partial charge in [0, 0.05) is 43.5 Å². The van der Waals surface area contributed by atoms with Crippen molar-refractivity contribution in [2.45, 2.75) is 12.8 Å². The highest BCUT2D eigenvalue weighted by Crippen LogP contribution is 2.35. The predicted octanol–water partition coefficient (Wildman–Crippen LogP) is 2.31. The first-order chi connectivity index (χ1) is 12.7. The molecule has 7 heteroatoms. The van der Waals surface area contributed by atoms with E-state index < -0.39 is 0 Å². The number of aromatic nitrogens is 2. The van der Waals surface area contributed by atoms with E-state index in [2.05, 4.69) is 15.1 Å². The second-order valence-electron chi connectivity index (χ2n) is 7.25. The van der Waals surface area contributed by atoms with Crippen LogP contribution in [-0.2, 0) is 4.74 Å². The van der Waals surface area contributed by atoms with Crippen molar-refractivity contribution >= 4 is 11.6 Å². The number of nitrogens with zero attached hydrogens (tertiary/aromatic N) is 3. The molecule has 0 bridgehead atoms. The molecule has 138 valence electrons. The van der Waals surface area contributed by atoms with Crippen LogP contribution in [0.2, 0.25) is 0 Å². The number of H-pyrrole nitrogens is 1. The summed E-state index contributed by atoms with van der Waals surface area (Å²) in [6, 6.07) is 8.39. The van der Waals surface area contributed by atoms with E-state index in [9.17, 15) is 9.18 Å². The summed E-state index contributed by atoms with van der Waals surface area (Å²) < 4.78 is 19.6. The first-order valence-corrected chi connectivity index (χ1v) is 9.02. The molecule has 2 saturated heterocycles. The number of carbonyl (C=O) groups excluding carboxylic acids is 1. The Bertz CT molecular complexity index is 767.